The molecule has 0 saturated heterocycles. The molecule has 2 aromatic heterocycles. The number of furan rings is 1. The molecule has 1 aliphatic carbocycles. The van der Waals surface area contributed by atoms with Crippen LogP contribution in [-0.4, -0.2) is 39.0 Å². The zero-order valence-corrected chi connectivity index (χ0v) is 19.9. The summed E-state index contributed by atoms with van der Waals surface area (Å²) in [7, 11) is 0. The Balaban J connectivity index is 1.38. The average Bonchev–Trinajstić information content (AvgIpc) is 3.53. The molecule has 34 heavy (non-hydrogen) atoms. The Morgan fingerprint density at radius 3 is 2.68 bits per heavy atom. The van der Waals surface area contributed by atoms with E-state index in [1.54, 1.807) is 31.4 Å². The molecule has 178 valence electrons. The summed E-state index contributed by atoms with van der Waals surface area (Å²) in [6.45, 7) is 2.10. The van der Waals surface area contributed by atoms with Gasteiger partial charge in [-0.25, -0.2) is 4.79 Å². The van der Waals surface area contributed by atoms with E-state index in [0.717, 1.165) is 23.6 Å². The van der Waals surface area contributed by atoms with Crippen molar-refractivity contribution in [2.45, 2.75) is 50.2 Å². The molecule has 2 heterocycles. The standard InChI is InChI=1S/C25H28N4O4S/c1-2-32-23(31)15-12-18-10-13-19(14-11-18)26-22(30)17-34-25-28-27-24(21-9-6-16-33-21)29(25)20-7-4-3-5-8-20/h6,9-16,20H,2-5,7-8,17H2,1H3,(H,26,30)/b15-12+. The number of amides is 1. The molecule has 1 N–H and O–H groups in total. The molecule has 1 saturated carbocycles. The van der Waals surface area contributed by atoms with E-state index in [4.69, 9.17) is 9.15 Å². The van der Waals surface area contributed by atoms with Crippen LogP contribution in [0.2, 0.25) is 0 Å². The van der Waals surface area contributed by atoms with Gasteiger partial charge in [-0.15, -0.1) is 10.2 Å². The molecule has 4 rings (SSSR count). The maximum absolute atomic E-state index is 12.6. The van der Waals surface area contributed by atoms with Gasteiger partial charge in [0.2, 0.25) is 11.7 Å². The molecule has 0 radical (unpaired) electrons. The lowest BCUT2D eigenvalue weighted by Crippen LogP contribution is -2.17. The average molecular weight is 481 g/mol. The number of thioether (sulfide) groups is 1. The van der Waals surface area contributed by atoms with Gasteiger partial charge in [0.05, 0.1) is 18.6 Å². The van der Waals surface area contributed by atoms with Gasteiger partial charge in [0, 0.05) is 17.8 Å². The fourth-order valence-electron chi connectivity index (χ4n) is 3.98. The smallest absolute Gasteiger partial charge is 0.330 e. The Bertz CT molecular complexity index is 1120. The zero-order valence-electron chi connectivity index (χ0n) is 19.1. The van der Waals surface area contributed by atoms with Crippen LogP contribution in [0.25, 0.3) is 17.7 Å². The molecule has 0 aliphatic heterocycles. The summed E-state index contributed by atoms with van der Waals surface area (Å²) in [5, 5.41) is 12.4. The van der Waals surface area contributed by atoms with Crippen molar-refractivity contribution < 1.29 is 18.7 Å². The van der Waals surface area contributed by atoms with Crippen molar-refractivity contribution in [1.29, 1.82) is 0 Å². The third kappa shape index (κ3) is 6.17. The van der Waals surface area contributed by atoms with E-state index in [0.29, 0.717) is 29.9 Å². The first-order valence-corrected chi connectivity index (χ1v) is 12.5. The first-order valence-electron chi connectivity index (χ1n) is 11.5. The van der Waals surface area contributed by atoms with Gasteiger partial charge in [0.25, 0.3) is 0 Å². The third-order valence-electron chi connectivity index (χ3n) is 5.57. The Labute approximate surface area is 202 Å². The minimum absolute atomic E-state index is 0.127. The van der Waals surface area contributed by atoms with Crippen molar-refractivity contribution in [3.63, 3.8) is 0 Å². The first kappa shape index (κ1) is 23.8. The Hall–Kier alpha value is -3.33. The lowest BCUT2D eigenvalue weighted by molar-refractivity contribution is -0.137. The highest BCUT2D eigenvalue weighted by atomic mass is 32.2. The Morgan fingerprint density at radius 1 is 1.18 bits per heavy atom. The number of aromatic nitrogens is 3. The van der Waals surface area contributed by atoms with Crippen molar-refractivity contribution in [3.05, 3.63) is 54.3 Å². The second kappa shape index (κ2) is 11.7. The maximum atomic E-state index is 12.6. The summed E-state index contributed by atoms with van der Waals surface area (Å²) in [5.41, 5.74) is 1.52. The molecule has 1 aliphatic rings. The summed E-state index contributed by atoms with van der Waals surface area (Å²) in [4.78, 5) is 24.0. The number of esters is 1. The highest BCUT2D eigenvalue weighted by Gasteiger charge is 2.25. The quantitative estimate of drug-likeness (QED) is 0.250. The summed E-state index contributed by atoms with van der Waals surface area (Å²) in [5.74, 6) is 1.11. The van der Waals surface area contributed by atoms with E-state index in [2.05, 4.69) is 20.1 Å². The molecule has 8 nitrogen and oxygen atoms in total. The normalized spacial score (nSPS) is 14.4. The van der Waals surface area contributed by atoms with Gasteiger partial charge in [0.1, 0.15) is 0 Å². The van der Waals surface area contributed by atoms with Crippen LogP contribution in [0, 0.1) is 0 Å². The molecule has 0 spiro atoms. The van der Waals surface area contributed by atoms with Crippen LogP contribution in [0.15, 0.2) is 58.3 Å². The molecule has 3 aromatic rings. The first-order chi connectivity index (χ1) is 16.6. The van der Waals surface area contributed by atoms with E-state index >= 15 is 0 Å². The zero-order chi connectivity index (χ0) is 23.8. The second-order valence-corrected chi connectivity index (χ2v) is 8.93. The van der Waals surface area contributed by atoms with E-state index < -0.39 is 0 Å². The SMILES string of the molecule is CCOC(=O)/C=C/c1ccc(NC(=O)CSc2nnc(-c3ccco3)n2C2CCCCC2)cc1. The minimum atomic E-state index is -0.381. The number of carbonyl (C=O) groups is 2. The topological polar surface area (TPSA) is 99.2 Å². The lowest BCUT2D eigenvalue weighted by atomic mass is 9.95. The van der Waals surface area contributed by atoms with Crippen LogP contribution >= 0.6 is 11.8 Å². The van der Waals surface area contributed by atoms with Gasteiger partial charge >= 0.3 is 5.97 Å². The number of ether oxygens (including phenoxy) is 1. The number of anilines is 1. The highest BCUT2D eigenvalue weighted by Crippen LogP contribution is 2.35. The predicted octanol–water partition coefficient (Wildman–Crippen LogP) is 5.35. The summed E-state index contributed by atoms with van der Waals surface area (Å²) >= 11 is 1.38. The molecule has 9 heteroatoms. The molecular formula is C25H28N4O4S. The summed E-state index contributed by atoms with van der Waals surface area (Å²) in [6, 6.07) is 11.3. The number of rotatable bonds is 9. The van der Waals surface area contributed by atoms with Gasteiger partial charge in [-0.05, 0) is 55.7 Å². The van der Waals surface area contributed by atoms with Crippen LogP contribution in [-0.2, 0) is 14.3 Å². The summed E-state index contributed by atoms with van der Waals surface area (Å²) in [6.07, 6.45) is 10.4. The van der Waals surface area contributed by atoms with E-state index in [-0.39, 0.29) is 17.6 Å². The number of nitrogens with zero attached hydrogens (tertiary/aromatic N) is 3. The van der Waals surface area contributed by atoms with Crippen molar-refractivity contribution in [2.24, 2.45) is 0 Å². The fourth-order valence-corrected chi connectivity index (χ4v) is 4.78. The van der Waals surface area contributed by atoms with Gasteiger partial charge < -0.3 is 14.5 Å². The number of carbonyl (C=O) groups excluding carboxylic acids is 2. The largest absolute Gasteiger partial charge is 0.463 e. The van der Waals surface area contributed by atoms with E-state index in [1.165, 1.54) is 37.1 Å². The van der Waals surface area contributed by atoms with Crippen LogP contribution in [0.5, 0.6) is 0 Å². The van der Waals surface area contributed by atoms with Crippen molar-refractivity contribution in [2.75, 3.05) is 17.7 Å². The Morgan fingerprint density at radius 2 is 1.97 bits per heavy atom. The molecule has 0 bridgehead atoms. The minimum Gasteiger partial charge on any atom is -0.463 e. The number of hydrogen-bond acceptors (Lipinski definition) is 7. The highest BCUT2D eigenvalue weighted by molar-refractivity contribution is 7.99. The van der Waals surface area contributed by atoms with E-state index in [9.17, 15) is 9.59 Å². The van der Waals surface area contributed by atoms with Crippen molar-refractivity contribution >= 4 is 35.4 Å². The monoisotopic (exact) mass is 480 g/mol. The van der Waals surface area contributed by atoms with Gasteiger partial charge in [-0.1, -0.05) is 43.2 Å². The fraction of sp³-hybridized carbons (Fsp3) is 0.360. The summed E-state index contributed by atoms with van der Waals surface area (Å²) < 4.78 is 12.6. The van der Waals surface area contributed by atoms with Gasteiger partial charge in [-0.2, -0.15) is 0 Å². The van der Waals surface area contributed by atoms with Crippen LogP contribution in [0.4, 0.5) is 5.69 Å². The van der Waals surface area contributed by atoms with Crippen LogP contribution in [0.3, 0.4) is 0 Å². The lowest BCUT2D eigenvalue weighted by Gasteiger charge is -2.25. The molecule has 1 fully saturated rings. The van der Waals surface area contributed by atoms with Crippen molar-refractivity contribution in [1.82, 2.24) is 14.8 Å². The maximum Gasteiger partial charge on any atom is 0.330 e. The van der Waals surface area contributed by atoms with Crippen LogP contribution < -0.4 is 5.32 Å². The molecule has 1 aromatic carbocycles. The number of hydrogen-bond donors (Lipinski definition) is 1. The van der Waals surface area contributed by atoms with Gasteiger partial charge in [0.15, 0.2) is 10.9 Å². The number of nitrogens with one attached hydrogen (secondary N) is 1. The predicted molar refractivity (Wildman–Crippen MR) is 131 cm³/mol. The Kier molecular flexibility index (Phi) is 8.19. The van der Waals surface area contributed by atoms with E-state index in [1.807, 2.05) is 24.3 Å². The molecule has 0 unspecified atom stereocenters. The van der Waals surface area contributed by atoms with Crippen molar-refractivity contribution in [3.8, 4) is 11.6 Å². The second-order valence-electron chi connectivity index (χ2n) is 7.99. The number of benzene rings is 1. The van der Waals surface area contributed by atoms with Crippen LogP contribution in [0.1, 0.15) is 50.6 Å². The third-order valence-corrected chi connectivity index (χ3v) is 6.51. The van der Waals surface area contributed by atoms with Gasteiger partial charge in [-0.3, -0.25) is 9.36 Å². The molecular weight excluding hydrogens is 452 g/mol. The molecule has 1 amide bonds. The molecule has 0 atom stereocenters.